The normalized spacial score (nSPS) is 16.0. The molecule has 0 radical (unpaired) electrons. The molecule has 0 saturated heterocycles. The Morgan fingerprint density at radius 2 is 1.71 bits per heavy atom. The summed E-state index contributed by atoms with van der Waals surface area (Å²) in [5.41, 5.74) is 1.54. The Kier molecular flexibility index (Phi) is 6.90. The summed E-state index contributed by atoms with van der Waals surface area (Å²) in [5.74, 6) is -1.65. The number of rotatable bonds is 6. The van der Waals surface area contributed by atoms with E-state index in [2.05, 4.69) is 15.3 Å². The Bertz CT molecular complexity index is 1280. The lowest BCUT2D eigenvalue weighted by Gasteiger charge is -2.40. The van der Waals surface area contributed by atoms with E-state index in [9.17, 15) is 19.5 Å². The molecule has 2 atom stereocenters. The van der Waals surface area contributed by atoms with Crippen LogP contribution in [-0.4, -0.2) is 52.1 Å². The number of hydrogen-bond donors (Lipinski definition) is 2. The number of carbonyl (C=O) groups excluding carboxylic acids is 2. The monoisotopic (exact) mass is 513 g/mol. The van der Waals surface area contributed by atoms with Gasteiger partial charge in [-0.05, 0) is 36.8 Å². The van der Waals surface area contributed by atoms with E-state index >= 15 is 0 Å². The maximum absolute atomic E-state index is 13.1. The molecule has 1 unspecified atom stereocenters. The third-order valence-electron chi connectivity index (χ3n) is 5.82. The van der Waals surface area contributed by atoms with Gasteiger partial charge in [-0.3, -0.25) is 14.5 Å². The Morgan fingerprint density at radius 3 is 2.34 bits per heavy atom. The van der Waals surface area contributed by atoms with E-state index in [-0.39, 0.29) is 39.8 Å². The molecular formula is C24H21Cl2N5O4. The van der Waals surface area contributed by atoms with Crippen LogP contribution in [0.2, 0.25) is 10.0 Å². The number of benzene rings is 2. The largest absolute Gasteiger partial charge is 0.480 e. The van der Waals surface area contributed by atoms with E-state index in [4.69, 9.17) is 23.2 Å². The molecule has 0 aliphatic carbocycles. The summed E-state index contributed by atoms with van der Waals surface area (Å²) < 4.78 is 0. The SMILES string of the molecule is CC1N(C)c2nccnc2C(=O)N1c1ccc(C[C@H](NC(=O)c2c(Cl)cccc2Cl)C(=O)O)cc1. The van der Waals surface area contributed by atoms with Crippen LogP contribution in [0.25, 0.3) is 0 Å². The molecule has 35 heavy (non-hydrogen) atoms. The number of carboxylic acid groups (broad SMARTS) is 1. The van der Waals surface area contributed by atoms with Gasteiger partial charge in [-0.25, -0.2) is 14.8 Å². The summed E-state index contributed by atoms with van der Waals surface area (Å²) in [7, 11) is 1.83. The van der Waals surface area contributed by atoms with Crippen LogP contribution in [0.15, 0.2) is 54.9 Å². The molecule has 2 heterocycles. The smallest absolute Gasteiger partial charge is 0.326 e. The highest BCUT2D eigenvalue weighted by Gasteiger charge is 2.36. The van der Waals surface area contributed by atoms with Crippen LogP contribution in [0.3, 0.4) is 0 Å². The molecule has 0 fully saturated rings. The standard InChI is InChI=1S/C24H21Cl2N5O4/c1-13-30(2)21-20(27-10-11-28-21)23(33)31(13)15-8-6-14(7-9-15)12-18(24(34)35)29-22(32)19-16(25)4-3-5-17(19)26/h3-11,13,18H,12H2,1-2H3,(H,29,32)(H,34,35)/t13?,18-/m0/s1. The van der Waals surface area contributed by atoms with Crippen LogP contribution in [0.5, 0.6) is 0 Å². The van der Waals surface area contributed by atoms with Crippen LogP contribution in [-0.2, 0) is 11.2 Å². The molecule has 0 saturated carbocycles. The molecule has 3 aromatic rings. The predicted molar refractivity (Wildman–Crippen MR) is 132 cm³/mol. The molecule has 180 valence electrons. The van der Waals surface area contributed by atoms with Gasteiger partial charge < -0.3 is 15.3 Å². The highest BCUT2D eigenvalue weighted by molar-refractivity contribution is 6.39. The molecular weight excluding hydrogens is 493 g/mol. The van der Waals surface area contributed by atoms with Crippen molar-refractivity contribution in [1.82, 2.24) is 15.3 Å². The Hall–Kier alpha value is -3.69. The lowest BCUT2D eigenvalue weighted by Crippen LogP contribution is -2.53. The van der Waals surface area contributed by atoms with Gasteiger partial charge in [0.05, 0.1) is 15.6 Å². The van der Waals surface area contributed by atoms with Crippen molar-refractivity contribution in [1.29, 1.82) is 0 Å². The van der Waals surface area contributed by atoms with Crippen LogP contribution < -0.4 is 15.1 Å². The molecule has 4 rings (SSSR count). The summed E-state index contributed by atoms with van der Waals surface area (Å²) in [5, 5.41) is 12.4. The van der Waals surface area contributed by atoms with Crippen molar-refractivity contribution >= 4 is 52.5 Å². The van der Waals surface area contributed by atoms with Crippen molar-refractivity contribution in [2.45, 2.75) is 25.6 Å². The fraction of sp³-hybridized carbons (Fsp3) is 0.208. The van der Waals surface area contributed by atoms with Gasteiger partial charge in [0, 0.05) is 31.5 Å². The quantitative estimate of drug-likeness (QED) is 0.516. The molecule has 0 spiro atoms. The molecule has 11 heteroatoms. The maximum atomic E-state index is 13.1. The van der Waals surface area contributed by atoms with Crippen molar-refractivity contribution in [2.75, 3.05) is 16.8 Å². The molecule has 0 bridgehead atoms. The Morgan fingerprint density at radius 1 is 1.09 bits per heavy atom. The average Bonchev–Trinajstić information content (AvgIpc) is 2.83. The topological polar surface area (TPSA) is 116 Å². The van der Waals surface area contributed by atoms with Crippen molar-refractivity contribution in [2.24, 2.45) is 0 Å². The van der Waals surface area contributed by atoms with E-state index in [0.717, 1.165) is 0 Å². The van der Waals surface area contributed by atoms with Crippen LogP contribution in [0.1, 0.15) is 33.3 Å². The summed E-state index contributed by atoms with van der Waals surface area (Å²) in [6.45, 7) is 1.87. The number of carboxylic acids is 1. The van der Waals surface area contributed by atoms with Crippen molar-refractivity contribution < 1.29 is 19.5 Å². The van der Waals surface area contributed by atoms with E-state index in [1.807, 2.05) is 18.9 Å². The number of aromatic nitrogens is 2. The number of hydrogen-bond acceptors (Lipinski definition) is 6. The summed E-state index contributed by atoms with van der Waals surface area (Å²) in [4.78, 5) is 49.5. The zero-order valence-electron chi connectivity index (χ0n) is 18.8. The van der Waals surface area contributed by atoms with Crippen molar-refractivity contribution in [3.05, 3.63) is 81.7 Å². The van der Waals surface area contributed by atoms with Crippen molar-refractivity contribution in [3.63, 3.8) is 0 Å². The van der Waals surface area contributed by atoms with Crippen LogP contribution >= 0.6 is 23.2 Å². The van der Waals surface area contributed by atoms with Gasteiger partial charge >= 0.3 is 5.97 Å². The number of nitrogens with zero attached hydrogens (tertiary/aromatic N) is 4. The second-order valence-corrected chi connectivity index (χ2v) is 8.79. The second kappa shape index (κ2) is 9.89. The Balaban J connectivity index is 1.53. The van der Waals surface area contributed by atoms with E-state index in [1.54, 1.807) is 35.2 Å². The van der Waals surface area contributed by atoms with Gasteiger partial charge in [0.2, 0.25) is 0 Å². The molecule has 2 aromatic carbocycles. The summed E-state index contributed by atoms with van der Waals surface area (Å²) in [6.07, 6.45) is 2.71. The lowest BCUT2D eigenvalue weighted by molar-refractivity contribution is -0.139. The highest BCUT2D eigenvalue weighted by Crippen LogP contribution is 2.30. The second-order valence-electron chi connectivity index (χ2n) is 7.98. The fourth-order valence-corrected chi connectivity index (χ4v) is 4.45. The first-order valence-corrected chi connectivity index (χ1v) is 11.4. The van der Waals surface area contributed by atoms with Gasteiger partial charge in [-0.15, -0.1) is 0 Å². The zero-order chi connectivity index (χ0) is 25.3. The predicted octanol–water partition coefficient (Wildman–Crippen LogP) is 3.65. The summed E-state index contributed by atoms with van der Waals surface area (Å²) in [6, 6.07) is 10.3. The molecule has 2 amide bonds. The molecule has 2 N–H and O–H groups in total. The molecule has 9 nitrogen and oxygen atoms in total. The number of halogens is 2. The van der Waals surface area contributed by atoms with Gasteiger partial charge in [-0.2, -0.15) is 0 Å². The number of carbonyl (C=O) groups is 3. The minimum absolute atomic E-state index is 0.0150. The number of aliphatic carboxylic acids is 1. The lowest BCUT2D eigenvalue weighted by atomic mass is 10.0. The number of anilines is 2. The van der Waals surface area contributed by atoms with Gasteiger partial charge in [0.25, 0.3) is 11.8 Å². The Labute approximate surface area is 211 Å². The number of amides is 2. The maximum Gasteiger partial charge on any atom is 0.326 e. The van der Waals surface area contributed by atoms with E-state index in [1.165, 1.54) is 24.5 Å². The molecule has 1 aliphatic rings. The van der Waals surface area contributed by atoms with Crippen LogP contribution in [0.4, 0.5) is 11.5 Å². The molecule has 1 aromatic heterocycles. The van der Waals surface area contributed by atoms with Gasteiger partial charge in [0.1, 0.15) is 12.2 Å². The minimum Gasteiger partial charge on any atom is -0.480 e. The zero-order valence-corrected chi connectivity index (χ0v) is 20.3. The van der Waals surface area contributed by atoms with Gasteiger partial charge in [0.15, 0.2) is 11.5 Å². The number of fused-ring (bicyclic) bond motifs is 1. The first-order valence-electron chi connectivity index (χ1n) is 10.6. The van der Waals surface area contributed by atoms with Gasteiger partial charge in [-0.1, -0.05) is 41.4 Å². The third kappa shape index (κ3) is 4.78. The fourth-order valence-electron chi connectivity index (χ4n) is 3.88. The van der Waals surface area contributed by atoms with E-state index < -0.39 is 17.9 Å². The number of nitrogens with one attached hydrogen (secondary N) is 1. The van der Waals surface area contributed by atoms with Crippen molar-refractivity contribution in [3.8, 4) is 0 Å². The first-order chi connectivity index (χ1) is 16.7. The molecule has 1 aliphatic heterocycles. The van der Waals surface area contributed by atoms with Crippen LogP contribution in [0, 0.1) is 0 Å². The average molecular weight is 514 g/mol. The summed E-state index contributed by atoms with van der Waals surface area (Å²) >= 11 is 12.1. The first kappa shape index (κ1) is 24.4. The minimum atomic E-state index is -1.22. The third-order valence-corrected chi connectivity index (χ3v) is 6.45. The highest BCUT2D eigenvalue weighted by atomic mass is 35.5. The van der Waals surface area contributed by atoms with E-state index in [0.29, 0.717) is 17.1 Å².